The van der Waals surface area contributed by atoms with Crippen LogP contribution in [-0.4, -0.2) is 47.2 Å². The van der Waals surface area contributed by atoms with Crippen molar-refractivity contribution >= 4 is 5.91 Å². The molecule has 1 aromatic carbocycles. The SMILES string of the molecule is CN(CCC1CCCCN1)C(=O)c1c(O)cccc1O. The topological polar surface area (TPSA) is 72.8 Å². The molecule has 0 radical (unpaired) electrons. The lowest BCUT2D eigenvalue weighted by Gasteiger charge is -2.26. The first-order chi connectivity index (χ1) is 9.59. The van der Waals surface area contributed by atoms with E-state index in [9.17, 15) is 15.0 Å². The fourth-order valence-corrected chi connectivity index (χ4v) is 2.56. The number of benzene rings is 1. The summed E-state index contributed by atoms with van der Waals surface area (Å²) in [6.45, 7) is 1.65. The summed E-state index contributed by atoms with van der Waals surface area (Å²) >= 11 is 0. The number of nitrogens with zero attached hydrogens (tertiary/aromatic N) is 1. The van der Waals surface area contributed by atoms with E-state index < -0.39 is 0 Å². The maximum absolute atomic E-state index is 12.2. The zero-order valence-electron chi connectivity index (χ0n) is 11.8. The first-order valence-corrected chi connectivity index (χ1v) is 7.09. The number of piperidine rings is 1. The monoisotopic (exact) mass is 278 g/mol. The highest BCUT2D eigenvalue weighted by Gasteiger charge is 2.21. The smallest absolute Gasteiger partial charge is 0.261 e. The van der Waals surface area contributed by atoms with Gasteiger partial charge in [0.15, 0.2) is 0 Å². The molecular formula is C15H22N2O3. The summed E-state index contributed by atoms with van der Waals surface area (Å²) in [5, 5.41) is 22.9. The van der Waals surface area contributed by atoms with E-state index in [4.69, 9.17) is 0 Å². The number of carbonyl (C=O) groups is 1. The van der Waals surface area contributed by atoms with Gasteiger partial charge in [-0.2, -0.15) is 0 Å². The quantitative estimate of drug-likeness (QED) is 0.784. The summed E-state index contributed by atoms with van der Waals surface area (Å²) in [4.78, 5) is 13.8. The number of carbonyl (C=O) groups excluding carboxylic acids is 1. The lowest BCUT2D eigenvalue weighted by molar-refractivity contribution is 0.0782. The standard InChI is InChI=1S/C15H22N2O3/c1-17(10-8-11-5-2-3-9-16-11)15(20)14-12(18)6-4-7-13(14)19/h4,6-7,11,16,18-19H,2-3,5,8-10H2,1H3. The van der Waals surface area contributed by atoms with Crippen LogP contribution in [0.5, 0.6) is 11.5 Å². The maximum atomic E-state index is 12.2. The Morgan fingerprint density at radius 3 is 2.65 bits per heavy atom. The number of hydrogen-bond donors (Lipinski definition) is 3. The highest BCUT2D eigenvalue weighted by Crippen LogP contribution is 2.27. The van der Waals surface area contributed by atoms with Crippen LogP contribution in [0.25, 0.3) is 0 Å². The van der Waals surface area contributed by atoms with Crippen molar-refractivity contribution in [2.75, 3.05) is 20.1 Å². The molecule has 0 bridgehead atoms. The van der Waals surface area contributed by atoms with E-state index in [2.05, 4.69) is 5.32 Å². The largest absolute Gasteiger partial charge is 0.507 e. The minimum absolute atomic E-state index is 0.0217. The molecule has 2 rings (SSSR count). The van der Waals surface area contributed by atoms with Crippen LogP contribution in [0.15, 0.2) is 18.2 Å². The van der Waals surface area contributed by atoms with Crippen LogP contribution >= 0.6 is 0 Å². The molecule has 5 nitrogen and oxygen atoms in total. The van der Waals surface area contributed by atoms with Gasteiger partial charge in [0.05, 0.1) is 0 Å². The summed E-state index contributed by atoms with van der Waals surface area (Å²) in [5.74, 6) is -0.716. The van der Waals surface area contributed by atoms with Gasteiger partial charge in [-0.3, -0.25) is 4.79 Å². The number of rotatable bonds is 4. The van der Waals surface area contributed by atoms with Crippen molar-refractivity contribution in [2.45, 2.75) is 31.7 Å². The highest BCUT2D eigenvalue weighted by molar-refractivity contribution is 5.99. The lowest BCUT2D eigenvalue weighted by Crippen LogP contribution is -2.38. The zero-order valence-corrected chi connectivity index (χ0v) is 11.8. The molecule has 20 heavy (non-hydrogen) atoms. The molecule has 1 saturated heterocycles. The summed E-state index contributed by atoms with van der Waals surface area (Å²) in [7, 11) is 1.69. The number of hydrogen-bond acceptors (Lipinski definition) is 4. The Labute approximate surface area is 119 Å². The van der Waals surface area contributed by atoms with Crippen molar-refractivity contribution in [3.8, 4) is 11.5 Å². The molecular weight excluding hydrogens is 256 g/mol. The Bertz CT molecular complexity index is 450. The molecule has 1 atom stereocenters. The van der Waals surface area contributed by atoms with Crippen LogP contribution in [0.1, 0.15) is 36.0 Å². The van der Waals surface area contributed by atoms with E-state index in [0.29, 0.717) is 12.6 Å². The van der Waals surface area contributed by atoms with E-state index in [-0.39, 0.29) is 23.0 Å². The molecule has 5 heteroatoms. The van der Waals surface area contributed by atoms with E-state index in [1.807, 2.05) is 0 Å². The van der Waals surface area contributed by atoms with E-state index in [1.165, 1.54) is 31.0 Å². The summed E-state index contributed by atoms with van der Waals surface area (Å²) < 4.78 is 0. The molecule has 0 saturated carbocycles. The normalized spacial score (nSPS) is 18.8. The van der Waals surface area contributed by atoms with Crippen LogP contribution in [0.3, 0.4) is 0 Å². The van der Waals surface area contributed by atoms with E-state index in [0.717, 1.165) is 19.4 Å². The molecule has 0 spiro atoms. The summed E-state index contributed by atoms with van der Waals surface area (Å²) in [6, 6.07) is 4.78. The summed E-state index contributed by atoms with van der Waals surface area (Å²) in [6.07, 6.45) is 4.48. The molecule has 0 aliphatic carbocycles. The maximum Gasteiger partial charge on any atom is 0.261 e. The number of nitrogens with one attached hydrogen (secondary N) is 1. The second-order valence-corrected chi connectivity index (χ2v) is 5.33. The van der Waals surface area contributed by atoms with Gasteiger partial charge in [0.25, 0.3) is 5.91 Å². The Balaban J connectivity index is 1.94. The molecule has 1 unspecified atom stereocenters. The first-order valence-electron chi connectivity index (χ1n) is 7.09. The second kappa shape index (κ2) is 6.61. The Kier molecular flexibility index (Phi) is 4.84. The van der Waals surface area contributed by atoms with Gasteiger partial charge in [0.2, 0.25) is 0 Å². The molecule has 0 aromatic heterocycles. The van der Waals surface area contributed by atoms with E-state index in [1.54, 1.807) is 11.9 Å². The number of aromatic hydroxyl groups is 2. The molecule has 1 amide bonds. The lowest BCUT2D eigenvalue weighted by atomic mass is 10.0. The van der Waals surface area contributed by atoms with Gasteiger partial charge in [-0.05, 0) is 37.9 Å². The number of phenols is 2. The van der Waals surface area contributed by atoms with Crippen LogP contribution in [0, 0.1) is 0 Å². The predicted octanol–water partition coefficient (Wildman–Crippen LogP) is 1.70. The van der Waals surface area contributed by atoms with Crippen molar-refractivity contribution < 1.29 is 15.0 Å². The Morgan fingerprint density at radius 1 is 1.35 bits per heavy atom. The highest BCUT2D eigenvalue weighted by atomic mass is 16.3. The zero-order chi connectivity index (χ0) is 14.5. The van der Waals surface area contributed by atoms with E-state index >= 15 is 0 Å². The predicted molar refractivity (Wildman–Crippen MR) is 77.0 cm³/mol. The number of phenolic OH excluding ortho intramolecular Hbond substituents is 2. The molecule has 1 aliphatic rings. The fourth-order valence-electron chi connectivity index (χ4n) is 2.56. The average molecular weight is 278 g/mol. The van der Waals surface area contributed by atoms with Crippen molar-refractivity contribution in [3.63, 3.8) is 0 Å². The molecule has 1 aromatic rings. The third-order valence-corrected chi connectivity index (χ3v) is 3.81. The van der Waals surface area contributed by atoms with Crippen LogP contribution in [0.4, 0.5) is 0 Å². The van der Waals surface area contributed by atoms with Gasteiger partial charge in [-0.25, -0.2) is 0 Å². The Morgan fingerprint density at radius 2 is 2.05 bits per heavy atom. The molecule has 3 N–H and O–H groups in total. The second-order valence-electron chi connectivity index (χ2n) is 5.33. The molecule has 110 valence electrons. The minimum atomic E-state index is -0.351. The first kappa shape index (κ1) is 14.7. The van der Waals surface area contributed by atoms with Crippen molar-refractivity contribution in [2.24, 2.45) is 0 Å². The molecule has 1 heterocycles. The van der Waals surface area contributed by atoms with Gasteiger partial charge in [0, 0.05) is 19.6 Å². The van der Waals surface area contributed by atoms with Crippen molar-refractivity contribution in [3.05, 3.63) is 23.8 Å². The minimum Gasteiger partial charge on any atom is -0.507 e. The van der Waals surface area contributed by atoms with Crippen LogP contribution in [-0.2, 0) is 0 Å². The Hall–Kier alpha value is -1.75. The third kappa shape index (κ3) is 3.42. The van der Waals surface area contributed by atoms with Crippen LogP contribution < -0.4 is 5.32 Å². The summed E-state index contributed by atoms with van der Waals surface area (Å²) in [5.41, 5.74) is -0.0217. The third-order valence-electron chi connectivity index (χ3n) is 3.81. The molecule has 1 fully saturated rings. The van der Waals surface area contributed by atoms with Crippen LogP contribution in [0.2, 0.25) is 0 Å². The molecule has 1 aliphatic heterocycles. The van der Waals surface area contributed by atoms with Gasteiger partial charge >= 0.3 is 0 Å². The van der Waals surface area contributed by atoms with Gasteiger partial charge in [-0.15, -0.1) is 0 Å². The fraction of sp³-hybridized carbons (Fsp3) is 0.533. The van der Waals surface area contributed by atoms with Gasteiger partial charge < -0.3 is 20.4 Å². The number of amides is 1. The van der Waals surface area contributed by atoms with Crippen molar-refractivity contribution in [1.82, 2.24) is 10.2 Å². The average Bonchev–Trinajstić information content (AvgIpc) is 2.45. The van der Waals surface area contributed by atoms with Gasteiger partial charge in [-0.1, -0.05) is 12.5 Å². The van der Waals surface area contributed by atoms with Gasteiger partial charge in [0.1, 0.15) is 17.1 Å². The van der Waals surface area contributed by atoms with Crippen molar-refractivity contribution in [1.29, 1.82) is 0 Å².